The van der Waals surface area contributed by atoms with E-state index in [1.807, 2.05) is 0 Å². The number of nitro benzene ring substituents is 1. The molecular formula is C25H17Br2N3O6S. The number of non-ortho nitro benzene ring substituents is 1. The number of likely N-dealkylation sites (N-methyl/N-ethyl adjacent to an activating group) is 1. The number of nitrogens with zero attached hydrogens (tertiary/aromatic N) is 3. The summed E-state index contributed by atoms with van der Waals surface area (Å²) in [6, 6.07) is 15.9. The van der Waals surface area contributed by atoms with Gasteiger partial charge in [0, 0.05) is 19.2 Å². The fourth-order valence-corrected chi connectivity index (χ4v) is 5.75. The predicted molar refractivity (Wildman–Crippen MR) is 148 cm³/mol. The van der Waals surface area contributed by atoms with Crippen LogP contribution in [-0.4, -0.2) is 39.0 Å². The van der Waals surface area contributed by atoms with Crippen molar-refractivity contribution in [2.45, 2.75) is 6.61 Å². The van der Waals surface area contributed by atoms with E-state index in [0.717, 1.165) is 5.56 Å². The van der Waals surface area contributed by atoms with Gasteiger partial charge in [-0.05, 0) is 97.2 Å². The number of benzene rings is 3. The van der Waals surface area contributed by atoms with Crippen LogP contribution in [0.15, 0.2) is 79.5 Å². The van der Waals surface area contributed by atoms with Crippen LogP contribution in [0.2, 0.25) is 0 Å². The van der Waals surface area contributed by atoms with Crippen LogP contribution < -0.4 is 4.74 Å². The largest absolute Gasteiger partial charge is 0.487 e. The lowest BCUT2D eigenvalue weighted by atomic mass is 10.2. The maximum Gasteiger partial charge on any atom is 0.335 e. The van der Waals surface area contributed by atoms with Crippen molar-refractivity contribution in [1.29, 1.82) is 0 Å². The minimum absolute atomic E-state index is 0.00918. The Labute approximate surface area is 232 Å². The van der Waals surface area contributed by atoms with Gasteiger partial charge in [-0.3, -0.25) is 19.8 Å². The van der Waals surface area contributed by atoms with Crippen molar-refractivity contribution in [2.24, 2.45) is 4.99 Å². The number of hydrogen-bond acceptors (Lipinski definition) is 7. The number of halogens is 2. The number of amidine groups is 1. The summed E-state index contributed by atoms with van der Waals surface area (Å²) in [6.07, 6.45) is 1.74. The summed E-state index contributed by atoms with van der Waals surface area (Å²) in [7, 11) is 1.62. The van der Waals surface area contributed by atoms with Crippen LogP contribution in [0.3, 0.4) is 0 Å². The van der Waals surface area contributed by atoms with Gasteiger partial charge in [0.2, 0.25) is 0 Å². The molecule has 0 aromatic heterocycles. The van der Waals surface area contributed by atoms with Crippen molar-refractivity contribution >= 4 is 78.1 Å². The summed E-state index contributed by atoms with van der Waals surface area (Å²) in [5.74, 6) is -0.725. The van der Waals surface area contributed by atoms with Crippen molar-refractivity contribution in [3.8, 4) is 5.75 Å². The molecule has 1 amide bonds. The molecule has 0 saturated carbocycles. The first-order valence-electron chi connectivity index (χ1n) is 10.6. The quantitative estimate of drug-likeness (QED) is 0.174. The van der Waals surface area contributed by atoms with E-state index in [2.05, 4.69) is 36.9 Å². The first-order valence-corrected chi connectivity index (χ1v) is 13.0. The maximum atomic E-state index is 12.8. The van der Waals surface area contributed by atoms with Gasteiger partial charge in [-0.25, -0.2) is 9.79 Å². The van der Waals surface area contributed by atoms with E-state index in [0.29, 0.717) is 36.0 Å². The number of nitro groups is 1. The Kier molecular flexibility index (Phi) is 8.10. The summed E-state index contributed by atoms with van der Waals surface area (Å²) >= 11 is 8.20. The number of ether oxygens (including phenoxy) is 1. The maximum absolute atomic E-state index is 12.8. The number of amides is 1. The number of rotatable bonds is 7. The number of carboxylic acid groups (broad SMARTS) is 1. The van der Waals surface area contributed by atoms with Crippen LogP contribution in [0.5, 0.6) is 5.75 Å². The Balaban J connectivity index is 1.51. The summed E-state index contributed by atoms with van der Waals surface area (Å²) in [4.78, 5) is 40.8. The second-order valence-electron chi connectivity index (χ2n) is 7.75. The molecule has 0 spiro atoms. The van der Waals surface area contributed by atoms with Crippen molar-refractivity contribution in [2.75, 3.05) is 7.05 Å². The molecule has 1 heterocycles. The molecule has 0 radical (unpaired) electrons. The molecule has 0 aliphatic carbocycles. The van der Waals surface area contributed by atoms with Gasteiger partial charge in [0.1, 0.15) is 12.4 Å². The Morgan fingerprint density at radius 1 is 1.16 bits per heavy atom. The third-order valence-electron chi connectivity index (χ3n) is 5.17. The minimum atomic E-state index is -1.02. The molecule has 1 N–H and O–H groups in total. The summed E-state index contributed by atoms with van der Waals surface area (Å²) in [5, 5.41) is 20.5. The Hall–Kier alpha value is -3.48. The summed E-state index contributed by atoms with van der Waals surface area (Å²) < 4.78 is 7.15. The second kappa shape index (κ2) is 11.3. The zero-order valence-electron chi connectivity index (χ0n) is 19.1. The molecule has 3 aromatic carbocycles. The Morgan fingerprint density at radius 2 is 1.84 bits per heavy atom. The minimum Gasteiger partial charge on any atom is -0.487 e. The third-order valence-corrected chi connectivity index (χ3v) is 7.40. The zero-order chi connectivity index (χ0) is 26.7. The molecule has 37 heavy (non-hydrogen) atoms. The van der Waals surface area contributed by atoms with Gasteiger partial charge < -0.3 is 9.84 Å². The SMILES string of the molecule is CN1C(=O)C(=Cc2cc(Br)c(OCc3cccc([N+](=O)[O-])c3)c(Br)c2)SC1=Nc1ccc(C(=O)O)cc1. The van der Waals surface area contributed by atoms with Crippen LogP contribution in [0, 0.1) is 10.1 Å². The summed E-state index contributed by atoms with van der Waals surface area (Å²) in [6.45, 7) is 0.131. The summed E-state index contributed by atoms with van der Waals surface area (Å²) in [5.41, 5.74) is 2.06. The highest BCUT2D eigenvalue weighted by Crippen LogP contribution is 2.38. The second-order valence-corrected chi connectivity index (χ2v) is 10.5. The van der Waals surface area contributed by atoms with E-state index >= 15 is 0 Å². The van der Waals surface area contributed by atoms with Crippen molar-refractivity contribution < 1.29 is 24.4 Å². The molecule has 4 rings (SSSR count). The number of carboxylic acids is 1. The smallest absolute Gasteiger partial charge is 0.335 e. The fourth-order valence-electron chi connectivity index (χ4n) is 3.31. The normalized spacial score (nSPS) is 15.4. The van der Waals surface area contributed by atoms with Gasteiger partial charge in [-0.15, -0.1) is 0 Å². The Morgan fingerprint density at radius 3 is 2.46 bits per heavy atom. The van der Waals surface area contributed by atoms with Crippen LogP contribution in [0.1, 0.15) is 21.5 Å². The highest BCUT2D eigenvalue weighted by atomic mass is 79.9. The van der Waals surface area contributed by atoms with Crippen LogP contribution in [0.4, 0.5) is 11.4 Å². The number of hydrogen-bond donors (Lipinski definition) is 1. The molecule has 0 unspecified atom stereocenters. The highest BCUT2D eigenvalue weighted by molar-refractivity contribution is 9.11. The van der Waals surface area contributed by atoms with E-state index in [1.54, 1.807) is 49.5 Å². The van der Waals surface area contributed by atoms with Gasteiger partial charge >= 0.3 is 5.97 Å². The molecule has 9 nitrogen and oxygen atoms in total. The van der Waals surface area contributed by atoms with E-state index in [1.165, 1.54) is 40.9 Å². The van der Waals surface area contributed by atoms with Crippen LogP contribution in [-0.2, 0) is 11.4 Å². The topological polar surface area (TPSA) is 122 Å². The number of carbonyl (C=O) groups is 2. The average molecular weight is 647 g/mol. The molecule has 0 atom stereocenters. The van der Waals surface area contributed by atoms with E-state index in [-0.39, 0.29) is 23.8 Å². The molecular weight excluding hydrogens is 630 g/mol. The van der Waals surface area contributed by atoms with Crippen molar-refractivity contribution in [1.82, 2.24) is 4.90 Å². The molecule has 188 valence electrons. The highest BCUT2D eigenvalue weighted by Gasteiger charge is 2.30. The number of aliphatic imine (C=N–C) groups is 1. The van der Waals surface area contributed by atoms with Gasteiger partial charge in [0.05, 0.1) is 30.0 Å². The molecule has 1 aliphatic heterocycles. The lowest BCUT2D eigenvalue weighted by Gasteiger charge is -2.11. The first kappa shape index (κ1) is 26.6. The van der Waals surface area contributed by atoms with E-state index in [9.17, 15) is 19.7 Å². The monoisotopic (exact) mass is 645 g/mol. The van der Waals surface area contributed by atoms with Gasteiger partial charge in [-0.2, -0.15) is 0 Å². The standard InChI is InChI=1S/C25H17Br2N3O6S/c1-29-23(31)21(37-25(29)28-17-7-5-16(6-8-17)24(32)33)12-15-10-19(26)22(20(27)11-15)36-13-14-3-2-4-18(9-14)30(34)35/h2-12H,13H2,1H3,(H,32,33). The van der Waals surface area contributed by atoms with Gasteiger partial charge in [-0.1, -0.05) is 12.1 Å². The average Bonchev–Trinajstić information content (AvgIpc) is 3.11. The van der Waals surface area contributed by atoms with Crippen LogP contribution >= 0.6 is 43.6 Å². The zero-order valence-corrected chi connectivity index (χ0v) is 23.0. The van der Waals surface area contributed by atoms with Gasteiger partial charge in [0.15, 0.2) is 5.17 Å². The van der Waals surface area contributed by atoms with Crippen molar-refractivity contribution in [3.63, 3.8) is 0 Å². The molecule has 1 saturated heterocycles. The molecule has 12 heteroatoms. The lowest BCUT2D eigenvalue weighted by molar-refractivity contribution is -0.384. The Bertz CT molecular complexity index is 1450. The van der Waals surface area contributed by atoms with Gasteiger partial charge in [0.25, 0.3) is 11.6 Å². The third kappa shape index (κ3) is 6.27. The van der Waals surface area contributed by atoms with E-state index in [4.69, 9.17) is 9.84 Å². The predicted octanol–water partition coefficient (Wildman–Crippen LogP) is 6.63. The number of thioether (sulfide) groups is 1. The fraction of sp³-hybridized carbons (Fsp3) is 0.0800. The molecule has 1 aliphatic rings. The van der Waals surface area contributed by atoms with Crippen molar-refractivity contribution in [3.05, 3.63) is 101 Å². The molecule has 0 bridgehead atoms. The first-order chi connectivity index (χ1) is 17.6. The molecule has 1 fully saturated rings. The van der Waals surface area contributed by atoms with Crippen LogP contribution in [0.25, 0.3) is 6.08 Å². The number of carbonyl (C=O) groups excluding carboxylic acids is 1. The van der Waals surface area contributed by atoms with E-state index < -0.39 is 10.9 Å². The molecule has 3 aromatic rings. The number of aromatic carboxylic acids is 1. The lowest BCUT2D eigenvalue weighted by Crippen LogP contribution is -2.23.